The molecule has 1 aromatic rings. The SMILES string of the molecule is CC(=O)Oc1ccc(/C=C/C(=N)N)cc1. The zero-order valence-electron chi connectivity index (χ0n) is 8.36. The predicted octanol–water partition coefficient (Wildman–Crippen LogP) is 1.56. The highest BCUT2D eigenvalue weighted by Crippen LogP contribution is 2.13. The number of hydrogen-bond donors (Lipinski definition) is 2. The van der Waals surface area contributed by atoms with E-state index in [4.69, 9.17) is 15.9 Å². The fraction of sp³-hybridized carbons (Fsp3) is 0.0909. The van der Waals surface area contributed by atoms with Crippen LogP contribution in [0.1, 0.15) is 12.5 Å². The van der Waals surface area contributed by atoms with E-state index >= 15 is 0 Å². The molecule has 3 N–H and O–H groups in total. The van der Waals surface area contributed by atoms with Crippen LogP contribution in [0.15, 0.2) is 30.3 Å². The van der Waals surface area contributed by atoms with Crippen LogP contribution in [0.3, 0.4) is 0 Å². The summed E-state index contributed by atoms with van der Waals surface area (Å²) in [6, 6.07) is 6.91. The minimum Gasteiger partial charge on any atom is -0.427 e. The first kappa shape index (κ1) is 11.0. The van der Waals surface area contributed by atoms with E-state index < -0.39 is 0 Å². The molecule has 1 aromatic carbocycles. The molecule has 0 fully saturated rings. The van der Waals surface area contributed by atoms with Gasteiger partial charge in [-0.05, 0) is 23.8 Å². The molecule has 0 spiro atoms. The molecule has 0 radical (unpaired) electrons. The summed E-state index contributed by atoms with van der Waals surface area (Å²) in [5.41, 5.74) is 6.05. The smallest absolute Gasteiger partial charge is 0.308 e. The average molecular weight is 204 g/mol. The Labute approximate surface area is 87.9 Å². The fourth-order valence-electron chi connectivity index (χ4n) is 0.999. The summed E-state index contributed by atoms with van der Waals surface area (Å²) in [4.78, 5) is 10.6. The number of carbonyl (C=O) groups is 1. The number of rotatable bonds is 3. The number of ether oxygens (including phenoxy) is 1. The van der Waals surface area contributed by atoms with E-state index in [-0.39, 0.29) is 11.8 Å². The third-order valence-electron chi connectivity index (χ3n) is 1.60. The molecule has 1 rings (SSSR count). The van der Waals surface area contributed by atoms with E-state index in [1.54, 1.807) is 30.3 Å². The second kappa shape index (κ2) is 4.95. The van der Waals surface area contributed by atoms with Crippen LogP contribution < -0.4 is 10.5 Å². The molecule has 0 amide bonds. The molecular formula is C11H12N2O2. The van der Waals surface area contributed by atoms with Gasteiger partial charge in [-0.2, -0.15) is 0 Å². The standard InChI is InChI=1S/C11H12N2O2/c1-8(14)15-10-5-2-9(3-6-10)4-7-11(12)13/h2-7H,1H3,(H3,12,13)/b7-4+. The minimum atomic E-state index is -0.345. The second-order valence-electron chi connectivity index (χ2n) is 2.95. The van der Waals surface area contributed by atoms with Gasteiger partial charge in [0.15, 0.2) is 0 Å². The van der Waals surface area contributed by atoms with Crippen LogP contribution in [0.25, 0.3) is 6.08 Å². The van der Waals surface area contributed by atoms with Gasteiger partial charge in [0.25, 0.3) is 0 Å². The average Bonchev–Trinajstić information content (AvgIpc) is 2.16. The van der Waals surface area contributed by atoms with Crippen molar-refractivity contribution in [2.75, 3.05) is 0 Å². The molecule has 0 bridgehead atoms. The summed E-state index contributed by atoms with van der Waals surface area (Å²) in [5, 5.41) is 7.00. The maximum atomic E-state index is 10.6. The van der Waals surface area contributed by atoms with Crippen molar-refractivity contribution in [2.45, 2.75) is 6.92 Å². The van der Waals surface area contributed by atoms with Crippen molar-refractivity contribution < 1.29 is 9.53 Å². The van der Waals surface area contributed by atoms with E-state index in [1.807, 2.05) is 0 Å². The van der Waals surface area contributed by atoms with Crippen LogP contribution in [-0.4, -0.2) is 11.8 Å². The molecule has 15 heavy (non-hydrogen) atoms. The quantitative estimate of drug-likeness (QED) is 0.339. The number of benzene rings is 1. The van der Waals surface area contributed by atoms with Crippen LogP contribution in [-0.2, 0) is 4.79 Å². The minimum absolute atomic E-state index is 0.000868. The molecule has 78 valence electrons. The highest BCUT2D eigenvalue weighted by atomic mass is 16.5. The van der Waals surface area contributed by atoms with Gasteiger partial charge in [0.05, 0.1) is 0 Å². The van der Waals surface area contributed by atoms with Gasteiger partial charge in [-0.3, -0.25) is 10.2 Å². The van der Waals surface area contributed by atoms with Gasteiger partial charge in [0.2, 0.25) is 0 Å². The van der Waals surface area contributed by atoms with Crippen LogP contribution in [0, 0.1) is 5.41 Å². The van der Waals surface area contributed by atoms with Crippen LogP contribution in [0.5, 0.6) is 5.75 Å². The highest BCUT2D eigenvalue weighted by molar-refractivity contribution is 5.92. The Kier molecular flexibility index (Phi) is 3.62. The summed E-state index contributed by atoms with van der Waals surface area (Å²) < 4.78 is 4.86. The topological polar surface area (TPSA) is 76.2 Å². The molecule has 0 saturated carbocycles. The molecule has 0 atom stereocenters. The first-order valence-corrected chi connectivity index (χ1v) is 4.38. The van der Waals surface area contributed by atoms with Gasteiger partial charge in [-0.1, -0.05) is 18.2 Å². The van der Waals surface area contributed by atoms with Crippen molar-refractivity contribution in [3.05, 3.63) is 35.9 Å². The Bertz CT molecular complexity index is 394. The number of hydrogen-bond acceptors (Lipinski definition) is 3. The van der Waals surface area contributed by atoms with Crippen molar-refractivity contribution in [3.63, 3.8) is 0 Å². The molecule has 0 unspecified atom stereocenters. The van der Waals surface area contributed by atoms with Crippen LogP contribution >= 0.6 is 0 Å². The maximum absolute atomic E-state index is 10.6. The number of nitrogens with one attached hydrogen (secondary N) is 1. The lowest BCUT2D eigenvalue weighted by molar-refractivity contribution is -0.131. The summed E-state index contributed by atoms with van der Waals surface area (Å²) in [6.07, 6.45) is 3.20. The number of amidine groups is 1. The van der Waals surface area contributed by atoms with E-state index in [1.165, 1.54) is 13.0 Å². The number of esters is 1. The molecule has 0 saturated heterocycles. The lowest BCUT2D eigenvalue weighted by Gasteiger charge is -2.00. The fourth-order valence-corrected chi connectivity index (χ4v) is 0.999. The molecule has 4 heteroatoms. The van der Waals surface area contributed by atoms with Gasteiger partial charge in [0, 0.05) is 6.92 Å². The summed E-state index contributed by atoms with van der Waals surface area (Å²) in [5.74, 6) is 0.156. The molecule has 4 nitrogen and oxygen atoms in total. The maximum Gasteiger partial charge on any atom is 0.308 e. The molecule has 0 aliphatic rings. The third kappa shape index (κ3) is 4.08. The first-order valence-electron chi connectivity index (χ1n) is 4.38. The van der Waals surface area contributed by atoms with Gasteiger partial charge in [0.1, 0.15) is 11.6 Å². The van der Waals surface area contributed by atoms with Crippen molar-refractivity contribution in [3.8, 4) is 5.75 Å². The van der Waals surface area contributed by atoms with Gasteiger partial charge in [-0.15, -0.1) is 0 Å². The molecule has 0 heterocycles. The lowest BCUT2D eigenvalue weighted by Crippen LogP contribution is -2.03. The third-order valence-corrected chi connectivity index (χ3v) is 1.60. The predicted molar refractivity (Wildman–Crippen MR) is 58.7 cm³/mol. The van der Waals surface area contributed by atoms with Crippen LogP contribution in [0.4, 0.5) is 0 Å². The molecule has 0 aromatic heterocycles. The normalized spacial score (nSPS) is 10.2. The van der Waals surface area contributed by atoms with Crippen molar-refractivity contribution in [2.24, 2.45) is 5.73 Å². The molecule has 0 aliphatic carbocycles. The molecule has 0 aliphatic heterocycles. The summed E-state index contributed by atoms with van der Waals surface area (Å²) in [6.45, 7) is 1.35. The van der Waals surface area contributed by atoms with Crippen molar-refractivity contribution >= 4 is 17.9 Å². The largest absolute Gasteiger partial charge is 0.427 e. The van der Waals surface area contributed by atoms with Gasteiger partial charge < -0.3 is 10.5 Å². The highest BCUT2D eigenvalue weighted by Gasteiger charge is 1.96. The zero-order chi connectivity index (χ0) is 11.3. The Hall–Kier alpha value is -2.10. The summed E-state index contributed by atoms with van der Waals surface area (Å²) >= 11 is 0. The van der Waals surface area contributed by atoms with E-state index in [9.17, 15) is 4.79 Å². The lowest BCUT2D eigenvalue weighted by atomic mass is 10.2. The second-order valence-corrected chi connectivity index (χ2v) is 2.95. The monoisotopic (exact) mass is 204 g/mol. The van der Waals surface area contributed by atoms with E-state index in [0.717, 1.165) is 5.56 Å². The van der Waals surface area contributed by atoms with Crippen LogP contribution in [0.2, 0.25) is 0 Å². The first-order chi connectivity index (χ1) is 7.08. The Morgan fingerprint density at radius 1 is 1.40 bits per heavy atom. The zero-order valence-corrected chi connectivity index (χ0v) is 8.36. The summed E-state index contributed by atoms with van der Waals surface area (Å²) in [7, 11) is 0. The van der Waals surface area contributed by atoms with Crippen molar-refractivity contribution in [1.29, 1.82) is 5.41 Å². The number of nitrogens with two attached hydrogens (primary N) is 1. The Morgan fingerprint density at radius 2 is 2.00 bits per heavy atom. The van der Waals surface area contributed by atoms with Gasteiger partial charge in [-0.25, -0.2) is 0 Å². The number of carbonyl (C=O) groups excluding carboxylic acids is 1. The Morgan fingerprint density at radius 3 is 2.47 bits per heavy atom. The molecular weight excluding hydrogens is 192 g/mol. The Balaban J connectivity index is 2.72. The van der Waals surface area contributed by atoms with E-state index in [2.05, 4.69) is 0 Å². The van der Waals surface area contributed by atoms with Crippen molar-refractivity contribution in [1.82, 2.24) is 0 Å². The van der Waals surface area contributed by atoms with Gasteiger partial charge >= 0.3 is 5.97 Å². The van der Waals surface area contributed by atoms with E-state index in [0.29, 0.717) is 5.75 Å².